The molecule has 7 nitrogen and oxygen atoms in total. The molecular formula is C13H21N3O4S2. The van der Waals surface area contributed by atoms with E-state index in [0.29, 0.717) is 0 Å². The van der Waals surface area contributed by atoms with Gasteiger partial charge in [-0.3, -0.25) is 0 Å². The lowest BCUT2D eigenvalue weighted by molar-refractivity contribution is 0.508. The van der Waals surface area contributed by atoms with Gasteiger partial charge in [0.25, 0.3) is 0 Å². The Morgan fingerprint density at radius 1 is 1.18 bits per heavy atom. The summed E-state index contributed by atoms with van der Waals surface area (Å²) in [6.45, 7) is 0.187. The van der Waals surface area contributed by atoms with E-state index < -0.39 is 20.0 Å². The van der Waals surface area contributed by atoms with E-state index in [1.54, 1.807) is 0 Å². The van der Waals surface area contributed by atoms with Crippen molar-refractivity contribution < 1.29 is 16.8 Å². The Labute approximate surface area is 131 Å². The molecular weight excluding hydrogens is 326 g/mol. The van der Waals surface area contributed by atoms with E-state index in [2.05, 4.69) is 4.72 Å². The summed E-state index contributed by atoms with van der Waals surface area (Å²) in [7, 11) is -5.09. The maximum atomic E-state index is 12.6. The van der Waals surface area contributed by atoms with Gasteiger partial charge in [-0.05, 0) is 30.9 Å². The number of hydrogen-bond acceptors (Lipinski definition) is 5. The fraction of sp³-hybridized carbons (Fsp3) is 0.538. The molecule has 0 saturated heterocycles. The summed E-state index contributed by atoms with van der Waals surface area (Å²) in [4.78, 5) is -0.484. The van der Waals surface area contributed by atoms with E-state index in [1.165, 1.54) is 38.4 Å². The average molecular weight is 347 g/mol. The van der Waals surface area contributed by atoms with Crippen LogP contribution >= 0.6 is 0 Å². The number of nitrogens with one attached hydrogen (secondary N) is 1. The highest BCUT2D eigenvalue weighted by Gasteiger charge is 2.35. The van der Waals surface area contributed by atoms with Crippen LogP contribution in [0.2, 0.25) is 0 Å². The van der Waals surface area contributed by atoms with Crippen molar-refractivity contribution in [3.05, 3.63) is 24.3 Å². The molecule has 0 amide bonds. The second-order valence-electron chi connectivity index (χ2n) is 5.54. The van der Waals surface area contributed by atoms with E-state index in [1.807, 2.05) is 0 Å². The highest BCUT2D eigenvalue weighted by Crippen LogP contribution is 2.33. The largest absolute Gasteiger partial charge is 0.329 e. The molecule has 1 unspecified atom stereocenters. The van der Waals surface area contributed by atoms with Crippen LogP contribution in [0.15, 0.2) is 34.1 Å². The zero-order valence-corrected chi connectivity index (χ0v) is 14.2. The van der Waals surface area contributed by atoms with Crippen LogP contribution in [0.4, 0.5) is 0 Å². The summed E-state index contributed by atoms with van der Waals surface area (Å²) in [6, 6.07) is 5.21. The smallest absolute Gasteiger partial charge is 0.243 e. The van der Waals surface area contributed by atoms with E-state index in [0.717, 1.165) is 17.1 Å². The first kappa shape index (κ1) is 17.4. The minimum atomic E-state index is -3.96. The minimum absolute atomic E-state index is 0.187. The molecule has 1 fully saturated rings. The molecule has 2 rings (SSSR count). The molecule has 1 aromatic rings. The zero-order chi connectivity index (χ0) is 16.5. The normalized spacial score (nSPS) is 17.6. The molecule has 1 saturated carbocycles. The maximum Gasteiger partial charge on any atom is 0.243 e. The second kappa shape index (κ2) is 6.25. The molecule has 0 radical (unpaired) electrons. The van der Waals surface area contributed by atoms with Crippen molar-refractivity contribution in [3.63, 3.8) is 0 Å². The number of sulfonamides is 2. The van der Waals surface area contributed by atoms with Gasteiger partial charge in [0.2, 0.25) is 20.0 Å². The van der Waals surface area contributed by atoms with Gasteiger partial charge in [-0.25, -0.2) is 25.9 Å². The third kappa shape index (κ3) is 3.49. The van der Waals surface area contributed by atoms with E-state index in [4.69, 9.17) is 5.73 Å². The molecule has 1 aliphatic carbocycles. The first-order valence-corrected chi connectivity index (χ1v) is 9.86. The van der Waals surface area contributed by atoms with Crippen molar-refractivity contribution in [2.75, 3.05) is 20.6 Å². The van der Waals surface area contributed by atoms with Gasteiger partial charge in [0.15, 0.2) is 0 Å². The molecule has 22 heavy (non-hydrogen) atoms. The Morgan fingerprint density at radius 2 is 1.73 bits per heavy atom. The summed E-state index contributed by atoms with van der Waals surface area (Å²) in [6.07, 6.45) is 1.87. The number of benzene rings is 1. The van der Waals surface area contributed by atoms with Gasteiger partial charge in [-0.15, -0.1) is 0 Å². The van der Waals surface area contributed by atoms with E-state index in [9.17, 15) is 16.8 Å². The first-order valence-electron chi connectivity index (χ1n) is 6.94. The molecule has 0 heterocycles. The zero-order valence-electron chi connectivity index (χ0n) is 12.6. The Kier molecular flexibility index (Phi) is 4.93. The maximum absolute atomic E-state index is 12.6. The average Bonchev–Trinajstić information content (AvgIpc) is 3.29. The van der Waals surface area contributed by atoms with Crippen LogP contribution in [-0.4, -0.2) is 47.8 Å². The Hall–Kier alpha value is -1.00. The molecule has 0 aromatic heterocycles. The Bertz CT molecular complexity index is 740. The van der Waals surface area contributed by atoms with Crippen molar-refractivity contribution in [1.29, 1.82) is 0 Å². The fourth-order valence-electron chi connectivity index (χ4n) is 2.18. The highest BCUT2D eigenvalue weighted by molar-refractivity contribution is 7.92. The standard InChI is InChI=1S/C13H21N3O4S2/c1-16(2)22(19,20)13-6-4-3-5-12(13)21(17,18)15-11(9-14)10-7-8-10/h3-6,10-11,15H,7-9,14H2,1-2H3. The molecule has 1 aliphatic rings. The lowest BCUT2D eigenvalue weighted by Crippen LogP contribution is -2.42. The second-order valence-corrected chi connectivity index (χ2v) is 9.34. The molecule has 1 aromatic carbocycles. The number of nitrogens with two attached hydrogens (primary N) is 1. The number of nitrogens with zero attached hydrogens (tertiary/aromatic N) is 1. The SMILES string of the molecule is CN(C)S(=O)(=O)c1ccccc1S(=O)(=O)NC(CN)C1CC1. The molecule has 0 aliphatic heterocycles. The van der Waals surface area contributed by atoms with Crippen LogP contribution in [0.3, 0.4) is 0 Å². The van der Waals surface area contributed by atoms with Crippen LogP contribution in [0.5, 0.6) is 0 Å². The molecule has 0 bridgehead atoms. The summed E-state index contributed by atoms with van der Waals surface area (Å²) in [5.74, 6) is 0.234. The van der Waals surface area contributed by atoms with Crippen molar-refractivity contribution in [1.82, 2.24) is 9.03 Å². The lowest BCUT2D eigenvalue weighted by atomic mass is 10.2. The van der Waals surface area contributed by atoms with E-state index in [-0.39, 0.29) is 28.3 Å². The fourth-order valence-corrected chi connectivity index (χ4v) is 5.20. The minimum Gasteiger partial charge on any atom is -0.329 e. The van der Waals surface area contributed by atoms with Crippen molar-refractivity contribution in [2.24, 2.45) is 11.7 Å². The predicted molar refractivity (Wildman–Crippen MR) is 83.2 cm³/mol. The van der Waals surface area contributed by atoms with Crippen molar-refractivity contribution in [3.8, 4) is 0 Å². The molecule has 124 valence electrons. The van der Waals surface area contributed by atoms with Crippen LogP contribution in [0.25, 0.3) is 0 Å². The first-order chi connectivity index (χ1) is 10.2. The molecule has 1 atom stereocenters. The molecule has 3 N–H and O–H groups in total. The summed E-state index contributed by atoms with van der Waals surface area (Å²) in [5, 5.41) is 0. The van der Waals surface area contributed by atoms with Gasteiger partial charge in [-0.2, -0.15) is 0 Å². The van der Waals surface area contributed by atoms with Gasteiger partial charge in [-0.1, -0.05) is 12.1 Å². The predicted octanol–water partition coefficient (Wildman–Crippen LogP) is -0.0475. The quantitative estimate of drug-likeness (QED) is 0.719. The monoisotopic (exact) mass is 347 g/mol. The van der Waals surface area contributed by atoms with Gasteiger partial charge in [0.05, 0.1) is 0 Å². The lowest BCUT2D eigenvalue weighted by Gasteiger charge is -2.19. The number of rotatable bonds is 7. The van der Waals surface area contributed by atoms with Gasteiger partial charge < -0.3 is 5.73 Å². The van der Waals surface area contributed by atoms with Crippen LogP contribution in [0.1, 0.15) is 12.8 Å². The third-order valence-electron chi connectivity index (χ3n) is 3.65. The van der Waals surface area contributed by atoms with Crippen LogP contribution < -0.4 is 10.5 Å². The van der Waals surface area contributed by atoms with Crippen molar-refractivity contribution in [2.45, 2.75) is 28.7 Å². The van der Waals surface area contributed by atoms with Crippen LogP contribution in [-0.2, 0) is 20.0 Å². The summed E-state index contributed by atoms with van der Waals surface area (Å²) in [5.41, 5.74) is 5.62. The van der Waals surface area contributed by atoms with Gasteiger partial charge >= 0.3 is 0 Å². The topological polar surface area (TPSA) is 110 Å². The summed E-state index contributed by atoms with van der Waals surface area (Å²) < 4.78 is 53.3. The number of hydrogen-bond donors (Lipinski definition) is 2. The highest BCUT2D eigenvalue weighted by atomic mass is 32.2. The van der Waals surface area contributed by atoms with Crippen molar-refractivity contribution >= 4 is 20.0 Å². The third-order valence-corrected chi connectivity index (χ3v) is 7.20. The van der Waals surface area contributed by atoms with Gasteiger partial charge in [0, 0.05) is 26.7 Å². The van der Waals surface area contributed by atoms with Crippen LogP contribution in [0, 0.1) is 5.92 Å². The molecule has 0 spiro atoms. The van der Waals surface area contributed by atoms with E-state index >= 15 is 0 Å². The Morgan fingerprint density at radius 3 is 2.18 bits per heavy atom. The summed E-state index contributed by atoms with van der Waals surface area (Å²) >= 11 is 0. The van der Waals surface area contributed by atoms with Gasteiger partial charge in [0.1, 0.15) is 9.79 Å². The molecule has 9 heteroatoms. The Balaban J connectivity index is 2.44.